The topological polar surface area (TPSA) is 17.1 Å². The summed E-state index contributed by atoms with van der Waals surface area (Å²) in [7, 11) is 0. The first-order valence-corrected chi connectivity index (χ1v) is 5.57. The van der Waals surface area contributed by atoms with E-state index in [0.29, 0.717) is 6.42 Å². The highest BCUT2D eigenvalue weighted by Gasteiger charge is 2.02. The van der Waals surface area contributed by atoms with Crippen molar-refractivity contribution in [1.82, 2.24) is 0 Å². The maximum Gasteiger partial charge on any atom is 0.174 e. The molecule has 0 heterocycles. The van der Waals surface area contributed by atoms with E-state index in [1.54, 1.807) is 18.7 Å². The predicted molar refractivity (Wildman–Crippen MR) is 60.6 cm³/mol. The van der Waals surface area contributed by atoms with Crippen molar-refractivity contribution in [3.63, 3.8) is 0 Å². The van der Waals surface area contributed by atoms with E-state index >= 15 is 0 Å². The minimum absolute atomic E-state index is 0.0898. The van der Waals surface area contributed by atoms with E-state index < -0.39 is 0 Å². The highest BCUT2D eigenvalue weighted by Crippen LogP contribution is 2.15. The van der Waals surface area contributed by atoms with Gasteiger partial charge >= 0.3 is 0 Å². The Balaban J connectivity index is 2.74. The molecule has 0 amide bonds. The van der Waals surface area contributed by atoms with Crippen LogP contribution in [-0.2, 0) is 0 Å². The Labute approximate surface area is 88.9 Å². The molecule has 0 spiro atoms. The Morgan fingerprint density at radius 1 is 1.36 bits per heavy atom. The third kappa shape index (κ3) is 2.93. The van der Waals surface area contributed by atoms with Gasteiger partial charge in [0.1, 0.15) is 0 Å². The summed E-state index contributed by atoms with van der Waals surface area (Å²) in [6.45, 7) is 1.74. The van der Waals surface area contributed by atoms with Gasteiger partial charge in [0.15, 0.2) is 5.78 Å². The van der Waals surface area contributed by atoms with Crippen LogP contribution in [0, 0.1) is 11.8 Å². The third-order valence-electron chi connectivity index (χ3n) is 1.84. The molecule has 1 aromatic rings. The summed E-state index contributed by atoms with van der Waals surface area (Å²) < 4.78 is 0. The molecule has 2 heteroatoms. The largest absolute Gasteiger partial charge is 0.293 e. The number of ketones is 1. The normalized spacial score (nSPS) is 9.00. The van der Waals surface area contributed by atoms with Gasteiger partial charge in [0.25, 0.3) is 0 Å². The summed E-state index contributed by atoms with van der Waals surface area (Å²) in [6, 6.07) is 7.62. The molecule has 0 bridgehead atoms. The number of hydrogen-bond acceptors (Lipinski definition) is 2. The number of rotatable bonds is 3. The molecule has 0 N–H and O–H groups in total. The predicted octanol–water partition coefficient (Wildman–Crippen LogP) is 3.00. The number of hydrogen-bond donors (Lipinski definition) is 0. The van der Waals surface area contributed by atoms with Crippen LogP contribution in [0.3, 0.4) is 0 Å². The highest BCUT2D eigenvalue weighted by atomic mass is 32.2. The SMILES string of the molecule is CC#CCC(=O)c1ccc(SC)cc1. The van der Waals surface area contributed by atoms with Gasteiger partial charge in [0.05, 0.1) is 6.42 Å². The van der Waals surface area contributed by atoms with Crippen molar-refractivity contribution in [3.8, 4) is 11.8 Å². The molecule has 0 aliphatic carbocycles. The number of carbonyl (C=O) groups is 1. The molecule has 0 atom stereocenters. The molecule has 0 aromatic heterocycles. The maximum absolute atomic E-state index is 11.5. The average Bonchev–Trinajstić information content (AvgIpc) is 2.26. The molecule has 1 nitrogen and oxygen atoms in total. The van der Waals surface area contributed by atoms with Gasteiger partial charge in [0, 0.05) is 10.5 Å². The van der Waals surface area contributed by atoms with Crippen molar-refractivity contribution in [2.45, 2.75) is 18.2 Å². The summed E-state index contributed by atoms with van der Waals surface area (Å²) in [4.78, 5) is 12.7. The number of benzene rings is 1. The molecule has 0 unspecified atom stereocenters. The van der Waals surface area contributed by atoms with Crippen molar-refractivity contribution in [3.05, 3.63) is 29.8 Å². The van der Waals surface area contributed by atoms with Crippen LogP contribution in [0.4, 0.5) is 0 Å². The summed E-state index contributed by atoms with van der Waals surface area (Å²) in [5.41, 5.74) is 0.741. The Hall–Kier alpha value is -1.20. The van der Waals surface area contributed by atoms with Gasteiger partial charge in [-0.2, -0.15) is 0 Å². The van der Waals surface area contributed by atoms with E-state index in [4.69, 9.17) is 0 Å². The molecular formula is C12H12OS. The van der Waals surface area contributed by atoms with E-state index in [1.807, 2.05) is 30.5 Å². The number of carbonyl (C=O) groups excluding carboxylic acids is 1. The fourth-order valence-corrected chi connectivity index (χ4v) is 1.46. The van der Waals surface area contributed by atoms with E-state index in [1.165, 1.54) is 4.90 Å². The zero-order chi connectivity index (χ0) is 10.4. The maximum atomic E-state index is 11.5. The first-order valence-electron chi connectivity index (χ1n) is 4.34. The second-order valence-corrected chi connectivity index (χ2v) is 3.63. The first-order chi connectivity index (χ1) is 6.77. The van der Waals surface area contributed by atoms with Crippen molar-refractivity contribution in [2.75, 3.05) is 6.26 Å². The van der Waals surface area contributed by atoms with Gasteiger partial charge in [0.2, 0.25) is 0 Å². The lowest BCUT2D eigenvalue weighted by molar-refractivity contribution is 0.0998. The molecule has 0 fully saturated rings. The Morgan fingerprint density at radius 3 is 2.50 bits per heavy atom. The van der Waals surface area contributed by atoms with Gasteiger partial charge in [-0.3, -0.25) is 4.79 Å². The number of thioether (sulfide) groups is 1. The summed E-state index contributed by atoms with van der Waals surface area (Å²) in [5.74, 6) is 5.58. The Morgan fingerprint density at radius 2 is 2.00 bits per heavy atom. The van der Waals surface area contributed by atoms with Crippen LogP contribution in [0.2, 0.25) is 0 Å². The molecule has 1 aromatic carbocycles. The van der Waals surface area contributed by atoms with Crippen molar-refractivity contribution >= 4 is 17.5 Å². The third-order valence-corrected chi connectivity index (χ3v) is 2.58. The lowest BCUT2D eigenvalue weighted by Crippen LogP contribution is -1.96. The molecule has 0 aliphatic heterocycles. The smallest absolute Gasteiger partial charge is 0.174 e. The van der Waals surface area contributed by atoms with Crippen LogP contribution in [0.5, 0.6) is 0 Å². The van der Waals surface area contributed by atoms with Crippen molar-refractivity contribution < 1.29 is 4.79 Å². The molecule has 1 rings (SSSR count). The minimum atomic E-state index is 0.0898. The van der Waals surface area contributed by atoms with Gasteiger partial charge < -0.3 is 0 Å². The second-order valence-electron chi connectivity index (χ2n) is 2.76. The molecule has 72 valence electrons. The van der Waals surface area contributed by atoms with E-state index in [9.17, 15) is 4.79 Å². The Bertz CT molecular complexity index is 368. The molecule has 0 radical (unpaired) electrons. The molecular weight excluding hydrogens is 192 g/mol. The fourth-order valence-electron chi connectivity index (χ4n) is 1.05. The van der Waals surface area contributed by atoms with E-state index in [-0.39, 0.29) is 5.78 Å². The van der Waals surface area contributed by atoms with Crippen LogP contribution in [0.15, 0.2) is 29.2 Å². The fraction of sp³-hybridized carbons (Fsp3) is 0.250. The van der Waals surface area contributed by atoms with Gasteiger partial charge in [-0.25, -0.2) is 0 Å². The highest BCUT2D eigenvalue weighted by molar-refractivity contribution is 7.98. The van der Waals surface area contributed by atoms with Gasteiger partial charge in [-0.05, 0) is 25.3 Å². The van der Waals surface area contributed by atoms with Crippen LogP contribution in [-0.4, -0.2) is 12.0 Å². The average molecular weight is 204 g/mol. The summed E-state index contributed by atoms with van der Waals surface area (Å²) in [5, 5.41) is 0. The van der Waals surface area contributed by atoms with Crippen molar-refractivity contribution in [2.24, 2.45) is 0 Å². The molecule has 14 heavy (non-hydrogen) atoms. The standard InChI is InChI=1S/C12H12OS/c1-3-4-5-12(13)10-6-8-11(14-2)9-7-10/h6-9H,5H2,1-2H3. The van der Waals surface area contributed by atoms with Gasteiger partial charge in [-0.1, -0.05) is 18.1 Å². The van der Waals surface area contributed by atoms with Crippen molar-refractivity contribution in [1.29, 1.82) is 0 Å². The van der Waals surface area contributed by atoms with E-state index in [2.05, 4.69) is 11.8 Å². The minimum Gasteiger partial charge on any atom is -0.293 e. The Kier molecular flexibility index (Phi) is 4.28. The first kappa shape index (κ1) is 10.9. The zero-order valence-electron chi connectivity index (χ0n) is 8.33. The monoisotopic (exact) mass is 204 g/mol. The van der Waals surface area contributed by atoms with Crippen LogP contribution in [0.1, 0.15) is 23.7 Å². The molecule has 0 saturated carbocycles. The molecule has 0 aliphatic rings. The molecule has 0 saturated heterocycles. The summed E-state index contributed by atoms with van der Waals surface area (Å²) >= 11 is 1.67. The van der Waals surface area contributed by atoms with Crippen LogP contribution >= 0.6 is 11.8 Å². The lowest BCUT2D eigenvalue weighted by Gasteiger charge is -1.98. The second kappa shape index (κ2) is 5.51. The number of Topliss-reactive ketones (excluding diaryl/α,β-unsaturated/α-hetero) is 1. The lowest BCUT2D eigenvalue weighted by atomic mass is 10.1. The summed E-state index contributed by atoms with van der Waals surface area (Å²) in [6.07, 6.45) is 2.33. The quantitative estimate of drug-likeness (QED) is 0.428. The van der Waals surface area contributed by atoms with E-state index in [0.717, 1.165) is 5.56 Å². The zero-order valence-corrected chi connectivity index (χ0v) is 9.15. The van der Waals surface area contributed by atoms with Crippen LogP contribution < -0.4 is 0 Å². The van der Waals surface area contributed by atoms with Crippen LogP contribution in [0.25, 0.3) is 0 Å². The van der Waals surface area contributed by atoms with Gasteiger partial charge in [-0.15, -0.1) is 17.7 Å².